The van der Waals surface area contributed by atoms with E-state index in [0.29, 0.717) is 19.0 Å². The highest BCUT2D eigenvalue weighted by Crippen LogP contribution is 2.19. The Morgan fingerprint density at radius 1 is 1.14 bits per heavy atom. The normalized spacial score (nSPS) is 17.3. The highest BCUT2D eigenvalue weighted by molar-refractivity contribution is 5.73. The van der Waals surface area contributed by atoms with Gasteiger partial charge in [0.05, 0.1) is 0 Å². The van der Waals surface area contributed by atoms with E-state index >= 15 is 0 Å². The number of nitrogens with zero attached hydrogens (tertiary/aromatic N) is 2. The number of piperidine rings is 1. The van der Waals surface area contributed by atoms with Crippen molar-refractivity contribution in [1.29, 1.82) is 0 Å². The number of hydrogen-bond donors (Lipinski definition) is 2. The summed E-state index contributed by atoms with van der Waals surface area (Å²) >= 11 is 0. The molecular formula is C23H31N3O2. The summed E-state index contributed by atoms with van der Waals surface area (Å²) in [5, 5.41) is 12.3. The number of carbonyl (C=O) groups excluding carboxylic acids is 1. The van der Waals surface area contributed by atoms with E-state index in [2.05, 4.69) is 46.6 Å². The van der Waals surface area contributed by atoms with E-state index in [1.807, 2.05) is 25.2 Å². The third kappa shape index (κ3) is 5.81. The zero-order valence-electron chi connectivity index (χ0n) is 16.7. The second kappa shape index (κ2) is 10.2. The monoisotopic (exact) mass is 381 g/mol. The molecule has 5 nitrogen and oxygen atoms in total. The third-order valence-corrected chi connectivity index (χ3v) is 5.39. The van der Waals surface area contributed by atoms with Crippen LogP contribution in [0.5, 0.6) is 0 Å². The van der Waals surface area contributed by atoms with Gasteiger partial charge in [-0.1, -0.05) is 54.6 Å². The molecule has 1 fully saturated rings. The SMILES string of the molecule is CN(Cc1ccc(-c2ccccc2)cc1)C(=O)NCCN1CCCC(CO)C1. The van der Waals surface area contributed by atoms with E-state index in [4.69, 9.17) is 0 Å². The molecule has 1 unspecified atom stereocenters. The van der Waals surface area contributed by atoms with Crippen molar-refractivity contribution in [3.8, 4) is 11.1 Å². The van der Waals surface area contributed by atoms with Crippen LogP contribution in [0.2, 0.25) is 0 Å². The van der Waals surface area contributed by atoms with Gasteiger partial charge in [0.2, 0.25) is 0 Å². The molecule has 1 aliphatic rings. The first-order valence-electron chi connectivity index (χ1n) is 10.1. The number of benzene rings is 2. The fourth-order valence-electron chi connectivity index (χ4n) is 3.74. The van der Waals surface area contributed by atoms with Gasteiger partial charge in [-0.05, 0) is 42.0 Å². The average Bonchev–Trinajstić information content (AvgIpc) is 2.75. The molecule has 3 rings (SSSR count). The summed E-state index contributed by atoms with van der Waals surface area (Å²) in [7, 11) is 1.82. The zero-order valence-corrected chi connectivity index (χ0v) is 16.7. The Balaban J connectivity index is 1.42. The maximum absolute atomic E-state index is 12.4. The van der Waals surface area contributed by atoms with E-state index < -0.39 is 0 Å². The van der Waals surface area contributed by atoms with Crippen LogP contribution in [0, 0.1) is 5.92 Å². The largest absolute Gasteiger partial charge is 0.396 e. The quantitative estimate of drug-likeness (QED) is 0.774. The van der Waals surface area contributed by atoms with Gasteiger partial charge in [0.25, 0.3) is 0 Å². The Morgan fingerprint density at radius 3 is 2.57 bits per heavy atom. The van der Waals surface area contributed by atoms with Crippen LogP contribution in [0.1, 0.15) is 18.4 Å². The Kier molecular flexibility index (Phi) is 7.46. The Morgan fingerprint density at radius 2 is 1.86 bits per heavy atom. The molecule has 0 aromatic heterocycles. The van der Waals surface area contributed by atoms with Crippen molar-refractivity contribution < 1.29 is 9.90 Å². The van der Waals surface area contributed by atoms with Crippen LogP contribution >= 0.6 is 0 Å². The molecule has 1 heterocycles. The lowest BCUT2D eigenvalue weighted by Crippen LogP contribution is -2.44. The Bertz CT molecular complexity index is 733. The molecule has 2 aromatic rings. The van der Waals surface area contributed by atoms with Crippen molar-refractivity contribution in [2.24, 2.45) is 5.92 Å². The van der Waals surface area contributed by atoms with Crippen molar-refractivity contribution in [3.05, 3.63) is 60.2 Å². The van der Waals surface area contributed by atoms with Crippen molar-refractivity contribution in [2.75, 3.05) is 39.8 Å². The summed E-state index contributed by atoms with van der Waals surface area (Å²) in [5.74, 6) is 0.381. The molecule has 2 aromatic carbocycles. The van der Waals surface area contributed by atoms with Gasteiger partial charge in [-0.2, -0.15) is 0 Å². The van der Waals surface area contributed by atoms with Crippen LogP contribution in [0.4, 0.5) is 4.79 Å². The van der Waals surface area contributed by atoms with Gasteiger partial charge in [0, 0.05) is 39.8 Å². The van der Waals surface area contributed by atoms with E-state index in [-0.39, 0.29) is 12.6 Å². The van der Waals surface area contributed by atoms with Crippen LogP contribution in [-0.2, 0) is 6.54 Å². The lowest BCUT2D eigenvalue weighted by atomic mass is 9.99. The van der Waals surface area contributed by atoms with E-state index in [1.54, 1.807) is 4.90 Å². The van der Waals surface area contributed by atoms with Crippen molar-refractivity contribution in [1.82, 2.24) is 15.1 Å². The molecule has 2 N–H and O–H groups in total. The zero-order chi connectivity index (χ0) is 19.8. The Labute approximate surface area is 168 Å². The number of likely N-dealkylation sites (tertiary alicyclic amines) is 1. The number of aliphatic hydroxyl groups is 1. The summed E-state index contributed by atoms with van der Waals surface area (Å²) in [4.78, 5) is 16.4. The number of hydrogen-bond acceptors (Lipinski definition) is 3. The number of rotatable bonds is 7. The van der Waals surface area contributed by atoms with Gasteiger partial charge in [-0.3, -0.25) is 0 Å². The van der Waals surface area contributed by atoms with Gasteiger partial charge >= 0.3 is 6.03 Å². The first-order chi connectivity index (χ1) is 13.7. The molecule has 0 aliphatic carbocycles. The van der Waals surface area contributed by atoms with Gasteiger partial charge in [0.1, 0.15) is 0 Å². The minimum atomic E-state index is -0.0529. The predicted molar refractivity (Wildman–Crippen MR) is 113 cm³/mol. The minimum absolute atomic E-state index is 0.0529. The fraction of sp³-hybridized carbons (Fsp3) is 0.435. The molecule has 150 valence electrons. The molecule has 0 radical (unpaired) electrons. The molecule has 1 aliphatic heterocycles. The standard InChI is InChI=1S/C23H31N3O2/c1-25(23(28)24-13-15-26-14-5-6-20(17-26)18-27)16-19-9-11-22(12-10-19)21-7-3-2-4-8-21/h2-4,7-12,20,27H,5-6,13-18H2,1H3,(H,24,28). The first kappa shape index (κ1) is 20.4. The maximum Gasteiger partial charge on any atom is 0.317 e. The van der Waals surface area contributed by atoms with E-state index in [9.17, 15) is 9.90 Å². The van der Waals surface area contributed by atoms with Crippen molar-refractivity contribution >= 4 is 6.03 Å². The maximum atomic E-state index is 12.4. The topological polar surface area (TPSA) is 55.8 Å². The number of urea groups is 1. The molecule has 0 bridgehead atoms. The lowest BCUT2D eigenvalue weighted by Gasteiger charge is -2.31. The second-order valence-electron chi connectivity index (χ2n) is 7.64. The van der Waals surface area contributed by atoms with Crippen LogP contribution in [0.15, 0.2) is 54.6 Å². The van der Waals surface area contributed by atoms with Crippen molar-refractivity contribution in [2.45, 2.75) is 19.4 Å². The number of carbonyl (C=O) groups is 1. The van der Waals surface area contributed by atoms with Crippen LogP contribution in [0.25, 0.3) is 11.1 Å². The van der Waals surface area contributed by atoms with Gasteiger partial charge < -0.3 is 20.2 Å². The van der Waals surface area contributed by atoms with E-state index in [1.165, 1.54) is 11.1 Å². The van der Waals surface area contributed by atoms with Crippen LogP contribution in [0.3, 0.4) is 0 Å². The van der Waals surface area contributed by atoms with E-state index in [0.717, 1.165) is 38.0 Å². The predicted octanol–water partition coefficient (Wildman–Crippen LogP) is 3.20. The summed E-state index contributed by atoms with van der Waals surface area (Å²) in [6.45, 7) is 4.29. The molecule has 0 spiro atoms. The van der Waals surface area contributed by atoms with Gasteiger partial charge in [0.15, 0.2) is 0 Å². The lowest BCUT2D eigenvalue weighted by molar-refractivity contribution is 0.121. The number of aliphatic hydroxyl groups excluding tert-OH is 1. The average molecular weight is 382 g/mol. The smallest absolute Gasteiger partial charge is 0.317 e. The Hall–Kier alpha value is -2.37. The molecule has 2 amide bonds. The third-order valence-electron chi connectivity index (χ3n) is 5.39. The summed E-state index contributed by atoms with van der Waals surface area (Å²) < 4.78 is 0. The number of amides is 2. The molecule has 5 heteroatoms. The fourth-order valence-corrected chi connectivity index (χ4v) is 3.74. The number of nitrogens with one attached hydrogen (secondary N) is 1. The van der Waals surface area contributed by atoms with Crippen molar-refractivity contribution in [3.63, 3.8) is 0 Å². The molecule has 1 atom stereocenters. The molecular weight excluding hydrogens is 350 g/mol. The summed E-state index contributed by atoms with van der Waals surface area (Å²) in [6, 6.07) is 18.6. The highest BCUT2D eigenvalue weighted by atomic mass is 16.3. The molecule has 28 heavy (non-hydrogen) atoms. The highest BCUT2D eigenvalue weighted by Gasteiger charge is 2.19. The van der Waals surface area contributed by atoms with Crippen LogP contribution in [-0.4, -0.2) is 60.8 Å². The second-order valence-corrected chi connectivity index (χ2v) is 7.64. The molecule has 0 saturated carbocycles. The van der Waals surface area contributed by atoms with Gasteiger partial charge in [-0.15, -0.1) is 0 Å². The molecule has 1 saturated heterocycles. The first-order valence-corrected chi connectivity index (χ1v) is 10.1. The minimum Gasteiger partial charge on any atom is -0.396 e. The summed E-state index contributed by atoms with van der Waals surface area (Å²) in [5.41, 5.74) is 3.49. The van der Waals surface area contributed by atoms with Crippen LogP contribution < -0.4 is 5.32 Å². The summed E-state index contributed by atoms with van der Waals surface area (Å²) in [6.07, 6.45) is 2.23. The van der Waals surface area contributed by atoms with Gasteiger partial charge in [-0.25, -0.2) is 4.79 Å².